The Balaban J connectivity index is 1.51. The molecular formula is C22H18N2O2. The van der Waals surface area contributed by atoms with Gasteiger partial charge in [0.15, 0.2) is 12.1 Å². The van der Waals surface area contributed by atoms with Gasteiger partial charge in [0.05, 0.1) is 0 Å². The lowest BCUT2D eigenvalue weighted by Crippen LogP contribution is -2.03. The molecule has 0 radical (unpaired) electrons. The van der Waals surface area contributed by atoms with E-state index in [9.17, 15) is 4.79 Å². The molecule has 0 amide bonds. The Hall–Kier alpha value is -3.40. The number of carbonyl (C=O) groups is 1. The molecule has 0 N–H and O–H groups in total. The molecule has 0 unspecified atom stereocenters. The van der Waals surface area contributed by atoms with Crippen molar-refractivity contribution in [3.8, 4) is 5.75 Å². The van der Waals surface area contributed by atoms with Gasteiger partial charge in [0.25, 0.3) is 0 Å². The summed E-state index contributed by atoms with van der Waals surface area (Å²) in [6.07, 6.45) is 4.23. The molecule has 0 saturated heterocycles. The first-order valence-electron chi connectivity index (χ1n) is 8.47. The Morgan fingerprint density at radius 2 is 1.73 bits per heavy atom. The molecule has 0 aliphatic rings. The summed E-state index contributed by atoms with van der Waals surface area (Å²) >= 11 is 0. The number of benzene rings is 3. The highest BCUT2D eigenvalue weighted by Crippen LogP contribution is 2.23. The van der Waals surface area contributed by atoms with Gasteiger partial charge in [-0.05, 0) is 40.1 Å². The summed E-state index contributed by atoms with van der Waals surface area (Å²) in [5, 5.41) is 2.27. The van der Waals surface area contributed by atoms with Crippen LogP contribution in [-0.4, -0.2) is 15.8 Å². The maximum Gasteiger partial charge on any atom is 0.185 e. The first-order valence-corrected chi connectivity index (χ1v) is 8.47. The second-order valence-corrected chi connectivity index (χ2v) is 6.15. The van der Waals surface area contributed by atoms with Crippen molar-refractivity contribution in [2.75, 3.05) is 0 Å². The molecule has 0 atom stereocenters. The maximum atomic E-state index is 11.0. The molecule has 0 aliphatic heterocycles. The fourth-order valence-corrected chi connectivity index (χ4v) is 2.97. The molecule has 0 fully saturated rings. The molecule has 1 heterocycles. The number of nitrogens with zero attached hydrogens (tertiary/aromatic N) is 2. The van der Waals surface area contributed by atoms with Crippen molar-refractivity contribution >= 4 is 17.1 Å². The summed E-state index contributed by atoms with van der Waals surface area (Å²) in [6, 6.07) is 22.5. The molecule has 4 nitrogen and oxygen atoms in total. The zero-order valence-electron chi connectivity index (χ0n) is 14.2. The normalized spacial score (nSPS) is 10.8. The summed E-state index contributed by atoms with van der Waals surface area (Å²) < 4.78 is 7.73. The van der Waals surface area contributed by atoms with Gasteiger partial charge in [0, 0.05) is 18.9 Å². The Morgan fingerprint density at radius 1 is 0.923 bits per heavy atom. The molecule has 4 aromatic rings. The van der Waals surface area contributed by atoms with Crippen LogP contribution in [0.2, 0.25) is 0 Å². The minimum Gasteiger partial charge on any atom is -0.489 e. The average molecular weight is 342 g/mol. The molecule has 128 valence electrons. The molecular weight excluding hydrogens is 324 g/mol. The first kappa shape index (κ1) is 16.1. The van der Waals surface area contributed by atoms with Crippen molar-refractivity contribution in [1.82, 2.24) is 9.55 Å². The molecule has 4 heteroatoms. The van der Waals surface area contributed by atoms with Crippen molar-refractivity contribution in [3.05, 3.63) is 96.1 Å². The quantitative estimate of drug-likeness (QED) is 0.485. The van der Waals surface area contributed by atoms with Gasteiger partial charge in [0.2, 0.25) is 0 Å². The van der Waals surface area contributed by atoms with E-state index in [0.717, 1.165) is 33.9 Å². The molecule has 0 spiro atoms. The zero-order chi connectivity index (χ0) is 17.8. The van der Waals surface area contributed by atoms with E-state index in [-0.39, 0.29) is 0 Å². The van der Waals surface area contributed by atoms with Crippen molar-refractivity contribution < 1.29 is 9.53 Å². The molecule has 0 saturated carbocycles. The minimum atomic E-state index is 0.440. The van der Waals surface area contributed by atoms with E-state index in [1.807, 2.05) is 35.0 Å². The smallest absolute Gasteiger partial charge is 0.185 e. The largest absolute Gasteiger partial charge is 0.489 e. The summed E-state index contributed by atoms with van der Waals surface area (Å²) in [6.45, 7) is 1.18. The summed E-state index contributed by atoms with van der Waals surface area (Å²) in [5.41, 5.74) is 2.27. The van der Waals surface area contributed by atoms with Crippen LogP contribution in [-0.2, 0) is 13.2 Å². The van der Waals surface area contributed by atoms with Gasteiger partial charge in [-0.2, -0.15) is 0 Å². The number of aromatic nitrogens is 2. The van der Waals surface area contributed by atoms with E-state index >= 15 is 0 Å². The second-order valence-electron chi connectivity index (χ2n) is 6.15. The number of aldehydes is 1. The first-order chi connectivity index (χ1) is 12.8. The van der Waals surface area contributed by atoms with Crippen molar-refractivity contribution in [3.63, 3.8) is 0 Å². The lowest BCUT2D eigenvalue weighted by atomic mass is 10.1. The van der Waals surface area contributed by atoms with Crippen molar-refractivity contribution in [2.24, 2.45) is 0 Å². The summed E-state index contributed by atoms with van der Waals surface area (Å²) in [5.74, 6) is 1.29. The van der Waals surface area contributed by atoms with Crippen LogP contribution in [0.25, 0.3) is 10.8 Å². The number of fused-ring (bicyclic) bond motifs is 1. The van der Waals surface area contributed by atoms with E-state index in [0.29, 0.717) is 19.0 Å². The van der Waals surface area contributed by atoms with E-state index in [1.54, 1.807) is 6.20 Å². The van der Waals surface area contributed by atoms with E-state index < -0.39 is 0 Å². The van der Waals surface area contributed by atoms with Gasteiger partial charge in [-0.3, -0.25) is 4.79 Å². The van der Waals surface area contributed by atoms with Crippen LogP contribution in [0.15, 0.2) is 79.1 Å². The van der Waals surface area contributed by atoms with Gasteiger partial charge in [0.1, 0.15) is 12.4 Å². The van der Waals surface area contributed by atoms with E-state index in [1.165, 1.54) is 0 Å². The molecule has 3 aromatic carbocycles. The third-order valence-corrected chi connectivity index (χ3v) is 4.33. The Morgan fingerprint density at radius 3 is 2.58 bits per heavy atom. The lowest BCUT2D eigenvalue weighted by molar-refractivity contribution is 0.111. The number of ether oxygens (including phenoxy) is 1. The van der Waals surface area contributed by atoms with Crippen LogP contribution in [0, 0.1) is 0 Å². The van der Waals surface area contributed by atoms with Crippen LogP contribution >= 0.6 is 0 Å². The number of rotatable bonds is 6. The van der Waals surface area contributed by atoms with Crippen LogP contribution in [0.1, 0.15) is 21.7 Å². The Kier molecular flexibility index (Phi) is 4.48. The van der Waals surface area contributed by atoms with Crippen LogP contribution < -0.4 is 4.74 Å². The average Bonchev–Trinajstić information content (AvgIpc) is 3.14. The monoisotopic (exact) mass is 342 g/mol. The van der Waals surface area contributed by atoms with Crippen LogP contribution in [0.4, 0.5) is 0 Å². The lowest BCUT2D eigenvalue weighted by Gasteiger charge is -2.09. The molecule has 1 aromatic heterocycles. The summed E-state index contributed by atoms with van der Waals surface area (Å²) in [7, 11) is 0. The fourth-order valence-electron chi connectivity index (χ4n) is 2.97. The third-order valence-electron chi connectivity index (χ3n) is 4.33. The van der Waals surface area contributed by atoms with Crippen molar-refractivity contribution in [1.29, 1.82) is 0 Å². The molecule has 0 aliphatic carbocycles. The standard InChI is InChI=1S/C22H18N2O2/c25-15-22-23-10-11-24(22)14-18-6-7-20-13-21(9-8-19(20)12-18)26-16-17-4-2-1-3-5-17/h1-13,15H,14,16H2. The van der Waals surface area contributed by atoms with Gasteiger partial charge in [-0.15, -0.1) is 0 Å². The maximum absolute atomic E-state index is 11.0. The van der Waals surface area contributed by atoms with Gasteiger partial charge >= 0.3 is 0 Å². The topological polar surface area (TPSA) is 44.1 Å². The number of carbonyl (C=O) groups excluding carboxylic acids is 1. The number of hydrogen-bond acceptors (Lipinski definition) is 3. The second kappa shape index (κ2) is 7.23. The molecule has 26 heavy (non-hydrogen) atoms. The fraction of sp³-hybridized carbons (Fsp3) is 0.0909. The predicted octanol–water partition coefficient (Wildman–Crippen LogP) is 4.48. The zero-order valence-corrected chi connectivity index (χ0v) is 14.2. The number of imidazole rings is 1. The van der Waals surface area contributed by atoms with Crippen molar-refractivity contribution in [2.45, 2.75) is 13.2 Å². The highest BCUT2D eigenvalue weighted by molar-refractivity contribution is 5.84. The van der Waals surface area contributed by atoms with Gasteiger partial charge in [-0.25, -0.2) is 4.98 Å². The highest BCUT2D eigenvalue weighted by atomic mass is 16.5. The van der Waals surface area contributed by atoms with E-state index in [4.69, 9.17) is 4.74 Å². The van der Waals surface area contributed by atoms with Crippen LogP contribution in [0.3, 0.4) is 0 Å². The number of hydrogen-bond donors (Lipinski definition) is 0. The Labute approximate surface area is 151 Å². The van der Waals surface area contributed by atoms with E-state index in [2.05, 4.69) is 47.4 Å². The third kappa shape index (κ3) is 3.49. The SMILES string of the molecule is O=Cc1nccn1Cc1ccc2cc(OCc3ccccc3)ccc2c1. The summed E-state index contributed by atoms with van der Waals surface area (Å²) in [4.78, 5) is 15.0. The highest BCUT2D eigenvalue weighted by Gasteiger charge is 2.04. The Bertz CT molecular complexity index is 1040. The van der Waals surface area contributed by atoms with Crippen LogP contribution in [0.5, 0.6) is 5.75 Å². The molecule has 0 bridgehead atoms. The van der Waals surface area contributed by atoms with Gasteiger partial charge < -0.3 is 9.30 Å². The van der Waals surface area contributed by atoms with Gasteiger partial charge in [-0.1, -0.05) is 48.5 Å². The minimum absolute atomic E-state index is 0.440. The predicted molar refractivity (Wildman–Crippen MR) is 101 cm³/mol. The molecule has 4 rings (SSSR count).